The molecule has 0 amide bonds. The largest absolute Gasteiger partial charge is 0.489 e. The summed E-state index contributed by atoms with van der Waals surface area (Å²) in [6.45, 7) is 6.69. The number of benzene rings is 1. The van der Waals surface area contributed by atoms with Gasteiger partial charge in [-0.3, -0.25) is 4.79 Å². The molecule has 0 aliphatic heterocycles. The van der Waals surface area contributed by atoms with Gasteiger partial charge in [0.2, 0.25) is 0 Å². The molecule has 2 rings (SSSR count). The molecular formula is C19H23NO3S. The number of rotatable bonds is 10. The van der Waals surface area contributed by atoms with E-state index in [1.54, 1.807) is 12.1 Å². The number of aliphatic hydroxyl groups is 1. The second-order valence-corrected chi connectivity index (χ2v) is 6.44. The van der Waals surface area contributed by atoms with Crippen LogP contribution in [0.15, 0.2) is 54.4 Å². The second kappa shape index (κ2) is 9.37. The summed E-state index contributed by atoms with van der Waals surface area (Å²) in [5, 5.41) is 14.8. The van der Waals surface area contributed by atoms with Gasteiger partial charge in [0.05, 0.1) is 0 Å². The number of Topliss-reactive ketones (excluding diaryl/α,β-unsaturated/α-hetero) is 1. The maximum atomic E-state index is 12.7. The Morgan fingerprint density at radius 2 is 2.12 bits per heavy atom. The summed E-state index contributed by atoms with van der Waals surface area (Å²) in [7, 11) is 0. The molecule has 24 heavy (non-hydrogen) atoms. The lowest BCUT2D eigenvalue weighted by Gasteiger charge is -2.14. The van der Waals surface area contributed by atoms with E-state index in [0.29, 0.717) is 23.7 Å². The van der Waals surface area contributed by atoms with Crippen LogP contribution in [0.4, 0.5) is 0 Å². The Morgan fingerprint density at radius 1 is 1.38 bits per heavy atom. The topological polar surface area (TPSA) is 58.6 Å². The molecule has 2 atom stereocenters. The molecule has 0 aliphatic carbocycles. The fourth-order valence-electron chi connectivity index (χ4n) is 2.28. The summed E-state index contributed by atoms with van der Waals surface area (Å²) in [6, 6.07) is 11.5. The zero-order valence-corrected chi connectivity index (χ0v) is 14.6. The molecule has 2 unspecified atom stereocenters. The van der Waals surface area contributed by atoms with Crippen molar-refractivity contribution in [3.05, 3.63) is 64.9 Å². The number of hydrogen-bond donors (Lipinski definition) is 2. The van der Waals surface area contributed by atoms with Crippen molar-refractivity contribution in [3.63, 3.8) is 0 Å². The predicted octanol–water partition coefficient (Wildman–Crippen LogP) is 3.25. The van der Waals surface area contributed by atoms with Crippen LogP contribution in [0.25, 0.3) is 0 Å². The van der Waals surface area contributed by atoms with E-state index < -0.39 is 6.10 Å². The van der Waals surface area contributed by atoms with Crippen LogP contribution in [-0.2, 0) is 0 Å². The fourth-order valence-corrected chi connectivity index (χ4v) is 3.14. The number of ketones is 1. The van der Waals surface area contributed by atoms with Crippen LogP contribution in [-0.4, -0.2) is 36.7 Å². The number of ether oxygens (including phenoxy) is 1. The summed E-state index contributed by atoms with van der Waals surface area (Å²) in [5.74, 6) is 0.340. The first-order valence-corrected chi connectivity index (χ1v) is 8.80. The molecule has 2 aromatic rings. The summed E-state index contributed by atoms with van der Waals surface area (Å²) in [4.78, 5) is 13.3. The standard InChI is InChI=1S/C19H23NO3S/c1-3-10-20-12-16(21)13-23-17-9-11-24-19(17)18(22)14(2)15-7-5-4-6-8-15/h3-9,11,14,16,20-21H,1,10,12-13H2,2H3. The summed E-state index contributed by atoms with van der Waals surface area (Å²) in [5.41, 5.74) is 0.982. The van der Waals surface area contributed by atoms with E-state index in [1.807, 2.05) is 42.6 Å². The van der Waals surface area contributed by atoms with Crippen molar-refractivity contribution in [1.29, 1.82) is 0 Å². The second-order valence-electron chi connectivity index (χ2n) is 5.52. The highest BCUT2D eigenvalue weighted by atomic mass is 32.1. The van der Waals surface area contributed by atoms with Gasteiger partial charge in [-0.15, -0.1) is 17.9 Å². The average Bonchev–Trinajstić information content (AvgIpc) is 3.08. The van der Waals surface area contributed by atoms with Crippen LogP contribution < -0.4 is 10.1 Å². The Labute approximate surface area is 146 Å². The molecule has 1 aromatic carbocycles. The van der Waals surface area contributed by atoms with E-state index in [1.165, 1.54) is 11.3 Å². The molecule has 0 radical (unpaired) electrons. The first-order valence-electron chi connectivity index (χ1n) is 7.92. The highest BCUT2D eigenvalue weighted by Crippen LogP contribution is 2.31. The molecule has 4 nitrogen and oxygen atoms in total. The zero-order valence-electron chi connectivity index (χ0n) is 13.8. The molecule has 0 saturated carbocycles. The van der Waals surface area contributed by atoms with Gasteiger partial charge in [0.15, 0.2) is 5.78 Å². The normalized spacial score (nSPS) is 13.2. The van der Waals surface area contributed by atoms with E-state index in [9.17, 15) is 9.90 Å². The van der Waals surface area contributed by atoms with Gasteiger partial charge in [0, 0.05) is 19.0 Å². The fraction of sp³-hybridized carbons (Fsp3) is 0.316. The van der Waals surface area contributed by atoms with E-state index >= 15 is 0 Å². The molecule has 0 bridgehead atoms. The monoisotopic (exact) mass is 345 g/mol. The molecule has 128 valence electrons. The van der Waals surface area contributed by atoms with Crippen LogP contribution >= 0.6 is 11.3 Å². The Kier molecular flexibility index (Phi) is 7.18. The quantitative estimate of drug-likeness (QED) is 0.394. The van der Waals surface area contributed by atoms with E-state index in [-0.39, 0.29) is 18.3 Å². The molecule has 0 fully saturated rings. The Balaban J connectivity index is 1.96. The molecule has 0 spiro atoms. The van der Waals surface area contributed by atoms with Crippen LogP contribution in [0.2, 0.25) is 0 Å². The number of aliphatic hydroxyl groups excluding tert-OH is 1. The average molecular weight is 345 g/mol. The highest BCUT2D eigenvalue weighted by Gasteiger charge is 2.22. The third kappa shape index (κ3) is 5.03. The van der Waals surface area contributed by atoms with Crippen molar-refractivity contribution >= 4 is 17.1 Å². The number of carbonyl (C=O) groups is 1. The van der Waals surface area contributed by atoms with Gasteiger partial charge >= 0.3 is 0 Å². The minimum absolute atomic E-state index is 0.0328. The third-order valence-electron chi connectivity index (χ3n) is 3.65. The van der Waals surface area contributed by atoms with E-state index in [4.69, 9.17) is 4.74 Å². The van der Waals surface area contributed by atoms with Crippen molar-refractivity contribution in [3.8, 4) is 5.75 Å². The molecule has 2 N–H and O–H groups in total. The summed E-state index contributed by atoms with van der Waals surface area (Å²) in [6.07, 6.45) is 1.09. The molecule has 0 saturated heterocycles. The highest BCUT2D eigenvalue weighted by molar-refractivity contribution is 7.12. The number of thiophene rings is 1. The lowest BCUT2D eigenvalue weighted by Crippen LogP contribution is -2.31. The minimum Gasteiger partial charge on any atom is -0.489 e. The van der Waals surface area contributed by atoms with Gasteiger partial charge in [-0.25, -0.2) is 0 Å². The Hall–Kier alpha value is -1.95. The Morgan fingerprint density at radius 3 is 2.83 bits per heavy atom. The van der Waals surface area contributed by atoms with Crippen molar-refractivity contribution in [1.82, 2.24) is 5.32 Å². The van der Waals surface area contributed by atoms with E-state index in [2.05, 4.69) is 11.9 Å². The SMILES string of the molecule is C=CCNCC(O)COc1ccsc1C(=O)C(C)c1ccccc1. The van der Waals surface area contributed by atoms with Gasteiger partial charge in [0.25, 0.3) is 0 Å². The maximum Gasteiger partial charge on any atom is 0.183 e. The summed E-state index contributed by atoms with van der Waals surface area (Å²) < 4.78 is 5.65. The van der Waals surface area contributed by atoms with Crippen molar-refractivity contribution in [2.24, 2.45) is 0 Å². The molecule has 5 heteroatoms. The Bertz CT molecular complexity index is 654. The zero-order chi connectivity index (χ0) is 17.4. The first kappa shape index (κ1) is 18.4. The minimum atomic E-state index is -0.639. The van der Waals surface area contributed by atoms with Gasteiger partial charge < -0.3 is 15.2 Å². The summed E-state index contributed by atoms with van der Waals surface area (Å²) >= 11 is 1.37. The number of nitrogens with one attached hydrogen (secondary N) is 1. The first-order chi connectivity index (χ1) is 11.6. The van der Waals surface area contributed by atoms with Gasteiger partial charge in [-0.05, 0) is 17.0 Å². The van der Waals surface area contributed by atoms with Crippen LogP contribution in [0, 0.1) is 0 Å². The van der Waals surface area contributed by atoms with Crippen molar-refractivity contribution in [2.45, 2.75) is 18.9 Å². The van der Waals surface area contributed by atoms with Crippen molar-refractivity contribution in [2.75, 3.05) is 19.7 Å². The third-order valence-corrected chi connectivity index (χ3v) is 4.56. The molecule has 0 aliphatic rings. The number of hydrogen-bond acceptors (Lipinski definition) is 5. The van der Waals surface area contributed by atoms with Crippen LogP contribution in [0.5, 0.6) is 5.75 Å². The van der Waals surface area contributed by atoms with Crippen molar-refractivity contribution < 1.29 is 14.6 Å². The molecular weight excluding hydrogens is 322 g/mol. The lowest BCUT2D eigenvalue weighted by atomic mass is 9.96. The molecule has 1 heterocycles. The molecule has 1 aromatic heterocycles. The smallest absolute Gasteiger partial charge is 0.183 e. The van der Waals surface area contributed by atoms with Gasteiger partial charge in [-0.1, -0.05) is 43.3 Å². The van der Waals surface area contributed by atoms with E-state index in [0.717, 1.165) is 5.56 Å². The number of carbonyl (C=O) groups excluding carboxylic acids is 1. The van der Waals surface area contributed by atoms with Gasteiger partial charge in [0.1, 0.15) is 23.3 Å². The predicted molar refractivity (Wildman–Crippen MR) is 98.1 cm³/mol. The van der Waals surface area contributed by atoms with Crippen LogP contribution in [0.3, 0.4) is 0 Å². The lowest BCUT2D eigenvalue weighted by molar-refractivity contribution is 0.0944. The maximum absolute atomic E-state index is 12.7. The van der Waals surface area contributed by atoms with Crippen LogP contribution in [0.1, 0.15) is 28.1 Å². The van der Waals surface area contributed by atoms with Gasteiger partial charge in [-0.2, -0.15) is 0 Å².